The van der Waals surface area contributed by atoms with Gasteiger partial charge in [0.1, 0.15) is 11.5 Å². The first-order valence-electron chi connectivity index (χ1n) is 12.8. The summed E-state index contributed by atoms with van der Waals surface area (Å²) in [6, 6.07) is 12.4. The number of piperidine rings is 1. The number of aliphatic imine (C=N–C) groups is 1. The number of nitrogens with zero attached hydrogens (tertiary/aromatic N) is 5. The number of rotatable bonds is 7. The van der Waals surface area contributed by atoms with Gasteiger partial charge in [-0.3, -0.25) is 0 Å². The summed E-state index contributed by atoms with van der Waals surface area (Å²) in [7, 11) is 2.00. The molecule has 1 fully saturated rings. The van der Waals surface area contributed by atoms with Crippen molar-refractivity contribution in [3.63, 3.8) is 0 Å². The zero-order valence-corrected chi connectivity index (χ0v) is 22.0. The lowest BCUT2D eigenvalue weighted by atomic mass is 9.99. The minimum Gasteiger partial charge on any atom is -0.348 e. The first kappa shape index (κ1) is 25.5. The van der Waals surface area contributed by atoms with E-state index < -0.39 is 6.17 Å². The van der Waals surface area contributed by atoms with Gasteiger partial charge in [-0.1, -0.05) is 18.7 Å². The molecule has 1 aliphatic rings. The maximum Gasteiger partial charge on any atom is 0.223 e. The second-order valence-electron chi connectivity index (χ2n) is 9.68. The highest BCUT2D eigenvalue weighted by Gasteiger charge is 2.25. The number of nitrogens with one attached hydrogen (secondary N) is 3. The van der Waals surface area contributed by atoms with Gasteiger partial charge in [0, 0.05) is 36.9 Å². The molecule has 196 valence electrons. The van der Waals surface area contributed by atoms with Crippen LogP contribution in [0.5, 0.6) is 0 Å². The van der Waals surface area contributed by atoms with Gasteiger partial charge in [0.15, 0.2) is 5.82 Å². The van der Waals surface area contributed by atoms with Crippen LogP contribution in [0.15, 0.2) is 53.9 Å². The Kier molecular flexibility index (Phi) is 7.46. The van der Waals surface area contributed by atoms with Gasteiger partial charge in [-0.15, -0.1) is 0 Å². The molecule has 2 aromatic carbocycles. The van der Waals surface area contributed by atoms with Crippen molar-refractivity contribution < 1.29 is 4.39 Å². The molecule has 2 aromatic heterocycles. The number of alkyl halides is 1. The first-order valence-corrected chi connectivity index (χ1v) is 12.8. The molecule has 4 aromatic rings. The van der Waals surface area contributed by atoms with Gasteiger partial charge in [-0.2, -0.15) is 0 Å². The Labute approximate surface area is 221 Å². The van der Waals surface area contributed by atoms with Crippen LogP contribution in [0.1, 0.15) is 30.0 Å². The quantitative estimate of drug-likeness (QED) is 0.330. The molecule has 0 amide bonds. The van der Waals surface area contributed by atoms with Crippen molar-refractivity contribution in [2.45, 2.75) is 38.9 Å². The van der Waals surface area contributed by atoms with Crippen molar-refractivity contribution in [3.05, 3.63) is 76.2 Å². The lowest BCUT2D eigenvalue weighted by Gasteiger charge is -2.27. The molecule has 0 radical (unpaired) electrons. The summed E-state index contributed by atoms with van der Waals surface area (Å²) in [5.74, 6) is 0.918. The fourth-order valence-electron chi connectivity index (χ4n) is 4.73. The van der Waals surface area contributed by atoms with E-state index in [4.69, 9.17) is 0 Å². The minimum atomic E-state index is -1.00. The normalized spacial score (nSPS) is 18.6. The lowest BCUT2D eigenvalue weighted by Crippen LogP contribution is -2.46. The van der Waals surface area contributed by atoms with Crippen LogP contribution >= 0.6 is 0 Å². The number of imidazole rings is 1. The van der Waals surface area contributed by atoms with Crippen LogP contribution in [-0.4, -0.2) is 51.0 Å². The zero-order valence-electron chi connectivity index (χ0n) is 22.0. The number of halogens is 1. The fraction of sp³-hybridized carbons (Fsp3) is 0.310. The second kappa shape index (κ2) is 11.1. The molecule has 0 bridgehead atoms. The van der Waals surface area contributed by atoms with Crippen LogP contribution in [0.25, 0.3) is 23.4 Å². The molecule has 3 heterocycles. The standard InChI is InChI=1S/C29H33FN8/c1-5-32-28(27-19(3)15-33-29(37-27)36-24-10-11-31-16-23(24)30)35-22-8-7-21(18(2)12-22)13-20-6-9-26-25(14-20)34-17-38(26)4/h5-9,12,14-15,17,23-24,31,35H,3,10-11,13,16H2,1-2,4H3,(H,36,37)/b28-27-,32-5-. The minimum absolute atomic E-state index is 0.324. The molecule has 2 unspecified atom stereocenters. The predicted molar refractivity (Wildman–Crippen MR) is 152 cm³/mol. The number of benzene rings is 2. The monoisotopic (exact) mass is 512 g/mol. The summed E-state index contributed by atoms with van der Waals surface area (Å²) < 4.78 is 16.3. The van der Waals surface area contributed by atoms with E-state index in [-0.39, 0.29) is 6.04 Å². The van der Waals surface area contributed by atoms with Gasteiger partial charge in [-0.25, -0.2) is 24.3 Å². The number of anilines is 2. The Morgan fingerprint density at radius 3 is 2.92 bits per heavy atom. The second-order valence-corrected chi connectivity index (χ2v) is 9.68. The van der Waals surface area contributed by atoms with E-state index in [2.05, 4.69) is 79.7 Å². The van der Waals surface area contributed by atoms with Gasteiger partial charge < -0.3 is 20.5 Å². The summed E-state index contributed by atoms with van der Waals surface area (Å²) in [5.41, 5.74) is 6.63. The highest BCUT2D eigenvalue weighted by molar-refractivity contribution is 5.76. The van der Waals surface area contributed by atoms with Gasteiger partial charge in [0.2, 0.25) is 5.95 Å². The van der Waals surface area contributed by atoms with E-state index in [0.29, 0.717) is 35.3 Å². The number of aromatic nitrogens is 4. The highest BCUT2D eigenvalue weighted by Crippen LogP contribution is 2.22. The van der Waals surface area contributed by atoms with Gasteiger partial charge >= 0.3 is 0 Å². The molecular weight excluding hydrogens is 479 g/mol. The molecule has 3 N–H and O–H groups in total. The molecule has 8 nitrogen and oxygen atoms in total. The third-order valence-electron chi connectivity index (χ3n) is 6.86. The van der Waals surface area contributed by atoms with Crippen LogP contribution in [0.3, 0.4) is 0 Å². The van der Waals surface area contributed by atoms with Crippen LogP contribution in [0.4, 0.5) is 16.0 Å². The zero-order chi connectivity index (χ0) is 26.6. The van der Waals surface area contributed by atoms with Crippen molar-refractivity contribution >= 4 is 41.3 Å². The highest BCUT2D eigenvalue weighted by atomic mass is 19.1. The SMILES string of the molecule is C=c1cnc(NC2CCNCC2F)n/c1=C(/N=C\C)Nc1ccc(Cc2ccc3c(c2)ncn3C)c(C)c1. The van der Waals surface area contributed by atoms with Crippen molar-refractivity contribution in [2.75, 3.05) is 23.7 Å². The van der Waals surface area contributed by atoms with E-state index in [9.17, 15) is 4.39 Å². The van der Waals surface area contributed by atoms with E-state index in [0.717, 1.165) is 35.2 Å². The molecule has 1 saturated heterocycles. The Morgan fingerprint density at radius 1 is 1.26 bits per heavy atom. The van der Waals surface area contributed by atoms with Gasteiger partial charge in [-0.05, 0) is 74.2 Å². The molecule has 1 aliphatic heterocycles. The first-order chi connectivity index (χ1) is 18.4. The predicted octanol–water partition coefficient (Wildman–Crippen LogP) is 3.05. The molecule has 9 heteroatoms. The number of fused-ring (bicyclic) bond motifs is 1. The molecule has 0 aliphatic carbocycles. The molecule has 0 saturated carbocycles. The van der Waals surface area contributed by atoms with Crippen molar-refractivity contribution in [1.29, 1.82) is 0 Å². The maximum absolute atomic E-state index is 14.3. The van der Waals surface area contributed by atoms with Crippen LogP contribution in [0.2, 0.25) is 0 Å². The average molecular weight is 513 g/mol. The Bertz CT molecular complexity index is 1590. The molecule has 38 heavy (non-hydrogen) atoms. The Balaban J connectivity index is 1.39. The smallest absolute Gasteiger partial charge is 0.223 e. The van der Waals surface area contributed by atoms with Gasteiger partial charge in [0.25, 0.3) is 0 Å². The van der Waals surface area contributed by atoms with E-state index in [1.807, 2.05) is 30.9 Å². The Hall–Kier alpha value is -4.11. The summed E-state index contributed by atoms with van der Waals surface area (Å²) in [6.07, 6.45) is 5.66. The summed E-state index contributed by atoms with van der Waals surface area (Å²) in [4.78, 5) is 18.0. The number of hydrogen-bond acceptors (Lipinski definition) is 7. The largest absolute Gasteiger partial charge is 0.348 e. The summed E-state index contributed by atoms with van der Waals surface area (Å²) in [5, 5.41) is 10.8. The maximum atomic E-state index is 14.3. The summed E-state index contributed by atoms with van der Waals surface area (Å²) in [6.45, 7) is 9.12. The Morgan fingerprint density at radius 2 is 2.13 bits per heavy atom. The van der Waals surface area contributed by atoms with Crippen molar-refractivity contribution in [1.82, 2.24) is 24.8 Å². The summed E-state index contributed by atoms with van der Waals surface area (Å²) >= 11 is 0. The average Bonchev–Trinajstić information content (AvgIpc) is 3.27. The molecule has 0 spiro atoms. The number of hydrogen-bond donors (Lipinski definition) is 3. The van der Waals surface area contributed by atoms with Crippen LogP contribution in [-0.2, 0) is 13.5 Å². The third-order valence-corrected chi connectivity index (χ3v) is 6.86. The molecular formula is C29H33FN8. The van der Waals surface area contributed by atoms with Gasteiger partial charge in [0.05, 0.1) is 23.4 Å². The third kappa shape index (κ3) is 5.57. The van der Waals surface area contributed by atoms with Crippen LogP contribution in [0, 0.1) is 6.92 Å². The van der Waals surface area contributed by atoms with E-state index in [1.165, 1.54) is 11.1 Å². The van der Waals surface area contributed by atoms with Crippen molar-refractivity contribution in [3.8, 4) is 0 Å². The van der Waals surface area contributed by atoms with E-state index in [1.54, 1.807) is 12.4 Å². The van der Waals surface area contributed by atoms with E-state index >= 15 is 0 Å². The van der Waals surface area contributed by atoms with Crippen molar-refractivity contribution in [2.24, 2.45) is 12.0 Å². The fourth-order valence-corrected chi connectivity index (χ4v) is 4.73. The molecule has 2 atom stereocenters. The molecule has 5 rings (SSSR count). The lowest BCUT2D eigenvalue weighted by molar-refractivity contribution is 0.244. The topological polar surface area (TPSA) is 92.1 Å². The number of aryl methyl sites for hydroxylation is 2. The van der Waals surface area contributed by atoms with Crippen LogP contribution < -0.4 is 26.5 Å².